The molecule has 1 atom stereocenters. The average molecular weight is 909 g/mol. The van der Waals surface area contributed by atoms with Crippen molar-refractivity contribution in [3.8, 4) is 34.5 Å². The van der Waals surface area contributed by atoms with Crippen LogP contribution in [0.2, 0.25) is 0 Å². The first-order valence-electron chi connectivity index (χ1n) is 20.9. The van der Waals surface area contributed by atoms with Gasteiger partial charge in [0.05, 0.1) is 0 Å². The van der Waals surface area contributed by atoms with Crippen LogP contribution in [0, 0.1) is 0 Å². The standard InChI is InChI=1S/C46H55N8O6P3/c47-31-26-36-14-4-9-21-42(36)56-61(55-41-19-2-1-3-20-41)52-62(57-43-22-10-5-15-37(43)27-32-48,58-44-23-11-6-16-38(44)28-33-49)54-63(53-61,59-45-24-12-7-17-39(45)29-34-50)60-46-25-13-8-18-40(46)30-35-51/h1-25H,26-35,47-51H2. The van der Waals surface area contributed by atoms with Crippen LogP contribution in [-0.2, 0) is 32.1 Å². The lowest BCUT2D eigenvalue weighted by molar-refractivity contribution is 0.438. The normalized spacial score (nSPS) is 16.1. The first-order valence-corrected chi connectivity index (χ1v) is 25.5. The van der Waals surface area contributed by atoms with Gasteiger partial charge in [-0.3, -0.25) is 0 Å². The maximum absolute atomic E-state index is 7.24. The molecule has 1 aliphatic rings. The van der Waals surface area contributed by atoms with Crippen LogP contribution in [0.1, 0.15) is 27.8 Å². The molecule has 0 spiro atoms. The van der Waals surface area contributed by atoms with Crippen molar-refractivity contribution in [1.29, 1.82) is 0 Å². The van der Waals surface area contributed by atoms with Crippen LogP contribution >= 0.6 is 23.0 Å². The highest BCUT2D eigenvalue weighted by Gasteiger charge is 2.49. The summed E-state index contributed by atoms with van der Waals surface area (Å²) in [6.07, 6.45) is 2.44. The van der Waals surface area contributed by atoms with Crippen molar-refractivity contribution < 1.29 is 27.1 Å². The second-order valence-electron chi connectivity index (χ2n) is 14.3. The van der Waals surface area contributed by atoms with E-state index >= 15 is 0 Å². The van der Waals surface area contributed by atoms with Gasteiger partial charge in [-0.25, -0.2) is 0 Å². The van der Waals surface area contributed by atoms with Gasteiger partial charge in [0.1, 0.15) is 34.5 Å². The molecule has 17 heteroatoms. The lowest BCUT2D eigenvalue weighted by Crippen LogP contribution is -2.14. The summed E-state index contributed by atoms with van der Waals surface area (Å²) >= 11 is 0. The molecule has 10 N–H and O–H groups in total. The Kier molecular flexibility index (Phi) is 15.8. The average Bonchev–Trinajstić information content (AvgIpc) is 3.28. The van der Waals surface area contributed by atoms with Crippen molar-refractivity contribution in [1.82, 2.24) is 0 Å². The minimum absolute atomic E-state index is 0.351. The molecule has 7 rings (SSSR count). The third-order valence-electron chi connectivity index (χ3n) is 9.66. The van der Waals surface area contributed by atoms with Crippen molar-refractivity contribution in [2.75, 3.05) is 32.7 Å². The topological polar surface area (TPSA) is 223 Å². The van der Waals surface area contributed by atoms with Gasteiger partial charge in [-0.15, -0.1) is 0 Å². The molecule has 1 heterocycles. The first kappa shape index (κ1) is 45.6. The summed E-state index contributed by atoms with van der Waals surface area (Å²) in [6.45, 7) is 1.76. The minimum atomic E-state index is -4.22. The molecular formula is C46H55N8O6P3. The maximum Gasteiger partial charge on any atom is 0.460 e. The molecule has 6 aromatic rings. The van der Waals surface area contributed by atoms with Crippen LogP contribution in [0.3, 0.4) is 0 Å². The fraction of sp³-hybridized carbons (Fsp3) is 0.217. The number of rotatable bonds is 22. The van der Waals surface area contributed by atoms with E-state index < -0.39 is 23.0 Å². The number of hydrogen-bond donors (Lipinski definition) is 5. The second-order valence-corrected chi connectivity index (χ2v) is 20.5. The van der Waals surface area contributed by atoms with E-state index in [4.69, 9.17) is 69.4 Å². The zero-order valence-corrected chi connectivity index (χ0v) is 37.7. The van der Waals surface area contributed by atoms with E-state index in [-0.39, 0.29) is 0 Å². The van der Waals surface area contributed by atoms with Gasteiger partial charge in [-0.05, 0) is 135 Å². The molecule has 63 heavy (non-hydrogen) atoms. The number of nitrogens with zero attached hydrogens (tertiary/aromatic N) is 3. The predicted octanol–water partition coefficient (Wildman–Crippen LogP) is 9.82. The van der Waals surface area contributed by atoms with E-state index in [9.17, 15) is 0 Å². The predicted molar refractivity (Wildman–Crippen MR) is 254 cm³/mol. The zero-order chi connectivity index (χ0) is 44.0. The number of hydrogen-bond acceptors (Lipinski definition) is 14. The first-order chi connectivity index (χ1) is 30.8. The fourth-order valence-corrected chi connectivity index (χ4v) is 16.0. The van der Waals surface area contributed by atoms with Crippen molar-refractivity contribution in [3.63, 3.8) is 0 Å². The highest BCUT2D eigenvalue weighted by molar-refractivity contribution is 7.79. The van der Waals surface area contributed by atoms with Crippen molar-refractivity contribution in [3.05, 3.63) is 179 Å². The Bertz CT molecular complexity index is 2420. The number of nitrogens with two attached hydrogens (primary N) is 5. The quantitative estimate of drug-likeness (QED) is 0.0403. The molecule has 0 fully saturated rings. The van der Waals surface area contributed by atoms with E-state index in [2.05, 4.69) is 0 Å². The molecule has 0 saturated carbocycles. The smallest absolute Gasteiger partial charge is 0.413 e. The molecule has 0 radical (unpaired) electrons. The monoisotopic (exact) mass is 908 g/mol. The third-order valence-corrected chi connectivity index (χ3v) is 17.7. The summed E-state index contributed by atoms with van der Waals surface area (Å²) in [5, 5.41) is 0. The molecule has 0 aliphatic carbocycles. The van der Waals surface area contributed by atoms with E-state index in [1.165, 1.54) is 0 Å². The van der Waals surface area contributed by atoms with Gasteiger partial charge in [0.15, 0.2) is 0 Å². The van der Waals surface area contributed by atoms with Gasteiger partial charge >= 0.3 is 23.0 Å². The molecule has 330 valence electrons. The Morgan fingerprint density at radius 1 is 0.286 bits per heavy atom. The van der Waals surface area contributed by atoms with Crippen LogP contribution < -0.4 is 55.8 Å². The summed E-state index contributed by atoms with van der Waals surface area (Å²) in [5.41, 5.74) is 34.9. The SMILES string of the molecule is NCCc1ccccc1OP1(Oc2ccccc2)=NP(Oc2ccccc2CCN)(Oc2ccccc2CCN)=NP(Oc2ccccc2CCN)(Oc2ccccc2CCN)=N1. The van der Waals surface area contributed by atoms with Crippen LogP contribution in [0.15, 0.2) is 165 Å². The van der Waals surface area contributed by atoms with Gasteiger partial charge < -0.3 is 55.8 Å². The Labute approximate surface area is 369 Å². The largest absolute Gasteiger partial charge is 0.460 e. The molecule has 1 unspecified atom stereocenters. The lowest BCUT2D eigenvalue weighted by Gasteiger charge is -2.34. The van der Waals surface area contributed by atoms with E-state index in [1.807, 2.05) is 140 Å². The Hall–Kier alpha value is -5.39. The van der Waals surface area contributed by atoms with Gasteiger partial charge in [0, 0.05) is 0 Å². The van der Waals surface area contributed by atoms with E-state index in [0.717, 1.165) is 27.8 Å². The molecule has 0 saturated heterocycles. The second kappa shape index (κ2) is 21.8. The lowest BCUT2D eigenvalue weighted by atomic mass is 10.1. The van der Waals surface area contributed by atoms with Gasteiger partial charge in [0.2, 0.25) is 0 Å². The summed E-state index contributed by atoms with van der Waals surface area (Å²) in [6, 6.07) is 47.0. The molecule has 0 amide bonds. The van der Waals surface area contributed by atoms with Gasteiger partial charge in [0.25, 0.3) is 0 Å². The van der Waals surface area contributed by atoms with Gasteiger partial charge in [-0.1, -0.05) is 123 Å². The summed E-state index contributed by atoms with van der Waals surface area (Å²) < 4.78 is 59.7. The summed E-state index contributed by atoms with van der Waals surface area (Å²) in [4.78, 5) is 0. The van der Waals surface area contributed by atoms with Crippen molar-refractivity contribution in [2.24, 2.45) is 42.2 Å². The molecule has 14 nitrogen and oxygen atoms in total. The maximum atomic E-state index is 7.24. The Balaban J connectivity index is 1.65. The van der Waals surface area contributed by atoms with Crippen LogP contribution in [0.4, 0.5) is 0 Å². The molecular weight excluding hydrogens is 853 g/mol. The summed E-state index contributed by atoms with van der Waals surface area (Å²) in [7, 11) is -12.6. The van der Waals surface area contributed by atoms with Crippen LogP contribution in [0.5, 0.6) is 34.5 Å². The zero-order valence-electron chi connectivity index (χ0n) is 35.0. The van der Waals surface area contributed by atoms with Crippen LogP contribution in [-0.4, -0.2) is 32.7 Å². The van der Waals surface area contributed by atoms with Gasteiger partial charge in [-0.2, -0.15) is 0 Å². The third kappa shape index (κ3) is 11.6. The molecule has 0 aromatic heterocycles. The molecule has 6 aromatic carbocycles. The van der Waals surface area contributed by atoms with Crippen LogP contribution in [0.25, 0.3) is 0 Å². The highest BCUT2D eigenvalue weighted by Crippen LogP contribution is 2.79. The Morgan fingerprint density at radius 2 is 0.508 bits per heavy atom. The highest BCUT2D eigenvalue weighted by atomic mass is 31.3. The molecule has 1 aliphatic heterocycles. The fourth-order valence-electron chi connectivity index (χ4n) is 6.79. The van der Waals surface area contributed by atoms with E-state index in [1.54, 1.807) is 12.1 Å². The van der Waals surface area contributed by atoms with Crippen molar-refractivity contribution >= 4 is 23.0 Å². The summed E-state index contributed by atoms with van der Waals surface area (Å²) in [5.74, 6) is 2.60. The van der Waals surface area contributed by atoms with Crippen molar-refractivity contribution in [2.45, 2.75) is 32.1 Å². The molecule has 0 bridgehead atoms. The number of benzene rings is 6. The number of para-hydroxylation sites is 6. The van der Waals surface area contributed by atoms with E-state index in [0.29, 0.717) is 99.3 Å². The Morgan fingerprint density at radius 3 is 0.762 bits per heavy atom. The minimum Gasteiger partial charge on any atom is -0.413 e.